The SMILES string of the molecule is CCCCCCCCCCCCCCOc1ccccc1C(=O)Nc1cccc(C[n+]2cscc2C)c1.[Br-]. The monoisotopic (exact) mass is 600 g/mol. The minimum atomic E-state index is -0.137. The van der Waals surface area contributed by atoms with Gasteiger partial charge in [-0.05, 0) is 30.7 Å². The summed E-state index contributed by atoms with van der Waals surface area (Å²) in [6.45, 7) is 5.82. The highest BCUT2D eigenvalue weighted by Crippen LogP contribution is 2.21. The fraction of sp³-hybridized carbons (Fsp3) is 0.500. The van der Waals surface area contributed by atoms with Gasteiger partial charge >= 0.3 is 0 Å². The van der Waals surface area contributed by atoms with Gasteiger partial charge in [0.05, 0.1) is 17.6 Å². The highest BCUT2D eigenvalue weighted by atomic mass is 79.9. The van der Waals surface area contributed by atoms with Crippen LogP contribution in [0.5, 0.6) is 5.75 Å². The van der Waals surface area contributed by atoms with E-state index in [1.807, 2.05) is 42.5 Å². The molecule has 3 aromatic rings. The van der Waals surface area contributed by atoms with Crippen molar-refractivity contribution in [1.29, 1.82) is 0 Å². The van der Waals surface area contributed by atoms with Crippen LogP contribution in [-0.2, 0) is 6.54 Å². The lowest BCUT2D eigenvalue weighted by atomic mass is 10.1. The van der Waals surface area contributed by atoms with E-state index in [0.717, 1.165) is 24.2 Å². The Balaban J connectivity index is 0.00000507. The molecule has 0 radical (unpaired) electrons. The molecule has 0 atom stereocenters. The molecule has 208 valence electrons. The molecule has 0 aliphatic heterocycles. The van der Waals surface area contributed by atoms with Crippen molar-refractivity contribution in [3.05, 3.63) is 76.2 Å². The number of unbranched alkanes of at least 4 members (excludes halogenated alkanes) is 11. The van der Waals surface area contributed by atoms with E-state index >= 15 is 0 Å². The number of hydrogen-bond donors (Lipinski definition) is 1. The minimum absolute atomic E-state index is 0. The van der Waals surface area contributed by atoms with Crippen molar-refractivity contribution in [2.45, 2.75) is 97.4 Å². The fourth-order valence-electron chi connectivity index (χ4n) is 4.56. The lowest BCUT2D eigenvalue weighted by Gasteiger charge is -2.12. The normalized spacial score (nSPS) is 10.7. The Bertz CT molecular complexity index is 1070. The highest BCUT2D eigenvalue weighted by Gasteiger charge is 2.14. The number of nitrogens with zero attached hydrogens (tertiary/aromatic N) is 1. The second-order valence-electron chi connectivity index (χ2n) is 10.0. The molecular formula is C32H45BrN2O2S. The predicted octanol–water partition coefficient (Wildman–Crippen LogP) is 5.73. The molecule has 4 nitrogen and oxygen atoms in total. The van der Waals surface area contributed by atoms with Gasteiger partial charge in [-0.25, -0.2) is 0 Å². The summed E-state index contributed by atoms with van der Waals surface area (Å²) >= 11 is 1.70. The molecule has 0 fully saturated rings. The van der Waals surface area contributed by atoms with Crippen molar-refractivity contribution >= 4 is 22.9 Å². The lowest BCUT2D eigenvalue weighted by molar-refractivity contribution is -0.689. The summed E-state index contributed by atoms with van der Waals surface area (Å²) in [6, 6.07) is 15.6. The Kier molecular flexibility index (Phi) is 16.0. The molecule has 6 heteroatoms. The second-order valence-corrected chi connectivity index (χ2v) is 10.7. The molecule has 1 amide bonds. The molecule has 38 heavy (non-hydrogen) atoms. The first-order chi connectivity index (χ1) is 18.2. The Morgan fingerprint density at radius 3 is 2.18 bits per heavy atom. The summed E-state index contributed by atoms with van der Waals surface area (Å²) in [5.74, 6) is 0.519. The summed E-state index contributed by atoms with van der Waals surface area (Å²) in [5, 5.41) is 5.20. The Morgan fingerprint density at radius 2 is 1.53 bits per heavy atom. The number of halogens is 1. The summed E-state index contributed by atoms with van der Waals surface area (Å²) in [6.07, 6.45) is 15.8. The molecule has 0 bridgehead atoms. The molecule has 0 saturated carbocycles. The number of ether oxygens (including phenoxy) is 1. The predicted molar refractivity (Wildman–Crippen MR) is 156 cm³/mol. The molecule has 0 aliphatic rings. The number of rotatable bonds is 18. The molecular weight excluding hydrogens is 556 g/mol. The number of para-hydroxylation sites is 1. The van der Waals surface area contributed by atoms with Crippen LogP contribution in [0.1, 0.15) is 106 Å². The van der Waals surface area contributed by atoms with E-state index in [2.05, 4.69) is 40.7 Å². The summed E-state index contributed by atoms with van der Waals surface area (Å²) in [4.78, 5) is 13.1. The average Bonchev–Trinajstić information content (AvgIpc) is 3.31. The fourth-order valence-corrected chi connectivity index (χ4v) is 5.34. The zero-order chi connectivity index (χ0) is 26.1. The van der Waals surface area contributed by atoms with Crippen molar-refractivity contribution in [3.63, 3.8) is 0 Å². The second kappa shape index (κ2) is 19.0. The first-order valence-electron chi connectivity index (χ1n) is 14.2. The Morgan fingerprint density at radius 1 is 0.868 bits per heavy atom. The van der Waals surface area contributed by atoms with Gasteiger partial charge in [-0.1, -0.05) is 113 Å². The number of aromatic nitrogens is 1. The van der Waals surface area contributed by atoms with Gasteiger partial charge in [0.25, 0.3) is 5.91 Å². The van der Waals surface area contributed by atoms with E-state index < -0.39 is 0 Å². The van der Waals surface area contributed by atoms with E-state index in [-0.39, 0.29) is 22.9 Å². The van der Waals surface area contributed by atoms with Crippen LogP contribution in [0.15, 0.2) is 59.4 Å². The van der Waals surface area contributed by atoms with E-state index in [4.69, 9.17) is 4.74 Å². The van der Waals surface area contributed by atoms with Gasteiger partial charge in [0.1, 0.15) is 5.75 Å². The number of hydrogen-bond acceptors (Lipinski definition) is 3. The van der Waals surface area contributed by atoms with E-state index in [0.29, 0.717) is 17.9 Å². The Hall–Kier alpha value is -2.18. The summed E-state index contributed by atoms with van der Waals surface area (Å²) in [7, 11) is 0. The van der Waals surface area contributed by atoms with Crippen molar-refractivity contribution < 1.29 is 31.1 Å². The summed E-state index contributed by atoms with van der Waals surface area (Å²) < 4.78 is 8.24. The highest BCUT2D eigenvalue weighted by molar-refractivity contribution is 7.07. The van der Waals surface area contributed by atoms with Crippen LogP contribution >= 0.6 is 11.3 Å². The van der Waals surface area contributed by atoms with Gasteiger partial charge in [-0.3, -0.25) is 4.79 Å². The van der Waals surface area contributed by atoms with Crippen molar-refractivity contribution in [1.82, 2.24) is 0 Å². The van der Waals surface area contributed by atoms with Gasteiger partial charge in [-0.2, -0.15) is 4.57 Å². The number of nitrogens with one attached hydrogen (secondary N) is 1. The van der Waals surface area contributed by atoms with E-state index in [1.165, 1.54) is 76.3 Å². The van der Waals surface area contributed by atoms with Gasteiger partial charge in [0.2, 0.25) is 5.51 Å². The maximum atomic E-state index is 13.1. The maximum Gasteiger partial charge on any atom is 0.259 e. The number of anilines is 1. The van der Waals surface area contributed by atoms with Gasteiger partial charge in [-0.15, -0.1) is 0 Å². The zero-order valence-corrected chi connectivity index (χ0v) is 25.6. The number of carbonyl (C=O) groups excluding carboxylic acids is 1. The molecule has 1 aromatic heterocycles. The van der Waals surface area contributed by atoms with Gasteiger partial charge in [0.15, 0.2) is 12.2 Å². The smallest absolute Gasteiger partial charge is 0.259 e. The molecule has 3 rings (SSSR count). The van der Waals surface area contributed by atoms with Crippen LogP contribution in [-0.4, -0.2) is 12.5 Å². The zero-order valence-electron chi connectivity index (χ0n) is 23.2. The van der Waals surface area contributed by atoms with Crippen LogP contribution in [0, 0.1) is 6.92 Å². The quantitative estimate of drug-likeness (QED) is 0.150. The molecule has 0 unspecified atom stereocenters. The van der Waals surface area contributed by atoms with Crippen LogP contribution in [0.4, 0.5) is 5.69 Å². The topological polar surface area (TPSA) is 42.2 Å². The first kappa shape index (κ1) is 32.0. The van der Waals surface area contributed by atoms with E-state index in [1.54, 1.807) is 11.3 Å². The number of amides is 1. The minimum Gasteiger partial charge on any atom is -1.00 e. The number of aryl methyl sites for hydroxylation is 1. The largest absolute Gasteiger partial charge is 1.00 e. The van der Waals surface area contributed by atoms with Crippen molar-refractivity contribution in [3.8, 4) is 5.75 Å². The third-order valence-electron chi connectivity index (χ3n) is 6.80. The molecule has 0 spiro atoms. The lowest BCUT2D eigenvalue weighted by Crippen LogP contribution is -3.00. The third-order valence-corrected chi connectivity index (χ3v) is 7.66. The van der Waals surface area contributed by atoms with E-state index in [9.17, 15) is 4.79 Å². The molecule has 1 heterocycles. The van der Waals surface area contributed by atoms with Crippen molar-refractivity contribution in [2.24, 2.45) is 0 Å². The maximum absolute atomic E-state index is 13.1. The van der Waals surface area contributed by atoms with Gasteiger partial charge in [0, 0.05) is 18.2 Å². The number of carbonyl (C=O) groups is 1. The molecule has 0 aliphatic carbocycles. The number of benzene rings is 2. The Labute approximate surface area is 244 Å². The third kappa shape index (κ3) is 11.7. The van der Waals surface area contributed by atoms with Crippen LogP contribution in [0.25, 0.3) is 0 Å². The van der Waals surface area contributed by atoms with Gasteiger partial charge < -0.3 is 27.0 Å². The molecule has 0 saturated heterocycles. The average molecular weight is 602 g/mol. The molecule has 2 aromatic carbocycles. The first-order valence-corrected chi connectivity index (χ1v) is 15.2. The van der Waals surface area contributed by atoms with Crippen LogP contribution < -0.4 is 31.6 Å². The van der Waals surface area contributed by atoms with Crippen LogP contribution in [0.3, 0.4) is 0 Å². The van der Waals surface area contributed by atoms with Crippen LogP contribution in [0.2, 0.25) is 0 Å². The molecule has 1 N–H and O–H groups in total. The standard InChI is InChI=1S/C32H44N2O2S.BrH/c1-3-4-5-6-7-8-9-10-11-12-13-16-22-36-31-21-15-14-20-30(31)32(35)33-29-19-17-18-28(23-29)24-34-26-37-25-27(34)2;/h14-15,17-21,23,25-26H,3-13,16,22,24H2,1-2H3;1H. The summed E-state index contributed by atoms with van der Waals surface area (Å²) in [5.41, 5.74) is 5.88. The number of thiazole rings is 1. The van der Waals surface area contributed by atoms with Crippen molar-refractivity contribution in [2.75, 3.05) is 11.9 Å².